The number of ether oxygens (including phenoxy) is 1. The van der Waals surface area contributed by atoms with E-state index in [1.54, 1.807) is 12.4 Å². The highest BCUT2D eigenvalue weighted by molar-refractivity contribution is 5.91. The summed E-state index contributed by atoms with van der Waals surface area (Å²) in [5.41, 5.74) is 3.86. The van der Waals surface area contributed by atoms with Crippen LogP contribution >= 0.6 is 0 Å². The van der Waals surface area contributed by atoms with E-state index in [1.165, 1.54) is 0 Å². The molecule has 0 saturated carbocycles. The van der Waals surface area contributed by atoms with Gasteiger partial charge in [0.05, 0.1) is 25.0 Å². The zero-order valence-electron chi connectivity index (χ0n) is 20.0. The molecule has 1 aliphatic heterocycles. The Morgan fingerprint density at radius 2 is 2.06 bits per heavy atom. The number of carbonyl (C=O) groups is 2. The van der Waals surface area contributed by atoms with Gasteiger partial charge in [-0.1, -0.05) is 12.1 Å². The number of aromatic nitrogens is 1. The number of carbonyl (C=O) groups excluding carboxylic acids is 2. The number of fused-ring (bicyclic) bond motifs is 1. The van der Waals surface area contributed by atoms with Gasteiger partial charge in [0.25, 0.3) is 0 Å². The van der Waals surface area contributed by atoms with Crippen LogP contribution in [0.15, 0.2) is 36.7 Å². The van der Waals surface area contributed by atoms with Crippen LogP contribution in [0.2, 0.25) is 0 Å². The van der Waals surface area contributed by atoms with Gasteiger partial charge in [0.15, 0.2) is 0 Å². The Balaban J connectivity index is 1.71. The molecule has 33 heavy (non-hydrogen) atoms. The van der Waals surface area contributed by atoms with Crippen LogP contribution in [-0.2, 0) is 22.6 Å². The maximum atomic E-state index is 12.5. The third-order valence-corrected chi connectivity index (χ3v) is 5.93. The second kappa shape index (κ2) is 12.3. The van der Waals surface area contributed by atoms with Crippen LogP contribution < -0.4 is 15.4 Å². The highest BCUT2D eigenvalue weighted by Gasteiger charge is 2.18. The number of benzene rings is 1. The Kier molecular flexibility index (Phi) is 9.24. The number of nitrogens with one attached hydrogen (secondary N) is 2. The average molecular weight is 453 g/mol. The van der Waals surface area contributed by atoms with Crippen molar-refractivity contribution >= 4 is 17.5 Å². The number of rotatable bonds is 5. The highest BCUT2D eigenvalue weighted by atomic mass is 16.5. The van der Waals surface area contributed by atoms with Crippen molar-refractivity contribution in [2.75, 3.05) is 25.0 Å². The van der Waals surface area contributed by atoms with Gasteiger partial charge >= 0.3 is 0 Å². The highest BCUT2D eigenvalue weighted by Crippen LogP contribution is 2.24. The minimum absolute atomic E-state index is 0.0353. The van der Waals surface area contributed by atoms with E-state index in [1.807, 2.05) is 25.1 Å². The molecule has 3 rings (SSSR count). The number of hydrogen-bond donors (Lipinski definition) is 2. The molecule has 0 fully saturated rings. The van der Waals surface area contributed by atoms with Gasteiger partial charge in [-0.2, -0.15) is 0 Å². The first-order valence-corrected chi connectivity index (χ1v) is 11.9. The van der Waals surface area contributed by atoms with E-state index in [-0.39, 0.29) is 17.9 Å². The summed E-state index contributed by atoms with van der Waals surface area (Å²) in [5.74, 6) is 0.885. The standard InChI is InChI=1S/C26H36N4O3/c1-19(2)30-17-22-15-21(8-10-25(31)29-23-16-27-13-11-20(23)3)7-9-24(22)33-14-6-4-5-12-28-26(32)18-30/h7,9,11,13,15-16,19H,4-6,8,10,12,14,17-18H2,1-3H3,(H,28,32)(H,29,31). The second-order valence-corrected chi connectivity index (χ2v) is 8.94. The molecular weight excluding hydrogens is 416 g/mol. The minimum Gasteiger partial charge on any atom is -0.493 e. The molecule has 0 unspecified atom stereocenters. The maximum absolute atomic E-state index is 12.5. The largest absolute Gasteiger partial charge is 0.493 e. The first-order valence-electron chi connectivity index (χ1n) is 11.9. The van der Waals surface area contributed by atoms with E-state index >= 15 is 0 Å². The monoisotopic (exact) mass is 452 g/mol. The third kappa shape index (κ3) is 7.86. The van der Waals surface area contributed by atoms with E-state index < -0.39 is 0 Å². The molecule has 0 radical (unpaired) electrons. The number of hydrogen-bond acceptors (Lipinski definition) is 5. The normalized spacial score (nSPS) is 15.9. The van der Waals surface area contributed by atoms with Gasteiger partial charge in [-0.15, -0.1) is 0 Å². The lowest BCUT2D eigenvalue weighted by Gasteiger charge is -2.27. The van der Waals surface area contributed by atoms with Gasteiger partial charge in [0, 0.05) is 37.3 Å². The predicted molar refractivity (Wildman–Crippen MR) is 130 cm³/mol. The molecule has 1 aromatic heterocycles. The van der Waals surface area contributed by atoms with E-state index in [4.69, 9.17) is 4.74 Å². The van der Waals surface area contributed by atoms with Crippen LogP contribution in [0.25, 0.3) is 0 Å². The Morgan fingerprint density at radius 3 is 2.85 bits per heavy atom. The molecule has 7 nitrogen and oxygen atoms in total. The summed E-state index contributed by atoms with van der Waals surface area (Å²) in [4.78, 5) is 31.1. The van der Waals surface area contributed by atoms with E-state index in [0.717, 1.165) is 47.4 Å². The van der Waals surface area contributed by atoms with Crippen LogP contribution in [0.5, 0.6) is 5.75 Å². The molecule has 0 atom stereocenters. The summed E-state index contributed by atoms with van der Waals surface area (Å²) < 4.78 is 6.11. The Labute approximate surface area is 196 Å². The molecule has 0 spiro atoms. The fraction of sp³-hybridized carbons (Fsp3) is 0.500. The molecule has 2 N–H and O–H groups in total. The predicted octanol–water partition coefficient (Wildman–Crippen LogP) is 3.85. The van der Waals surface area contributed by atoms with Gasteiger partial charge < -0.3 is 15.4 Å². The zero-order chi connectivity index (χ0) is 23.6. The molecule has 7 heteroatoms. The van der Waals surface area contributed by atoms with Crippen molar-refractivity contribution in [2.24, 2.45) is 0 Å². The van der Waals surface area contributed by atoms with Crippen molar-refractivity contribution in [3.8, 4) is 5.75 Å². The van der Waals surface area contributed by atoms with Gasteiger partial charge in [0.1, 0.15) is 5.75 Å². The molecular formula is C26H36N4O3. The second-order valence-electron chi connectivity index (χ2n) is 8.94. The molecule has 2 aromatic rings. The summed E-state index contributed by atoms with van der Waals surface area (Å²) in [6, 6.07) is 8.25. The molecule has 0 aliphatic carbocycles. The quantitative estimate of drug-likeness (QED) is 0.720. The van der Waals surface area contributed by atoms with Crippen molar-refractivity contribution in [1.29, 1.82) is 0 Å². The van der Waals surface area contributed by atoms with Crippen molar-refractivity contribution in [2.45, 2.75) is 65.5 Å². The van der Waals surface area contributed by atoms with Crippen molar-refractivity contribution in [3.63, 3.8) is 0 Å². The summed E-state index contributed by atoms with van der Waals surface area (Å²) in [6.45, 7) is 8.49. The van der Waals surface area contributed by atoms with Gasteiger partial charge in [-0.05, 0) is 69.7 Å². The summed E-state index contributed by atoms with van der Waals surface area (Å²) >= 11 is 0. The van der Waals surface area contributed by atoms with Gasteiger partial charge in [0.2, 0.25) is 11.8 Å². The van der Waals surface area contributed by atoms with Crippen molar-refractivity contribution in [3.05, 3.63) is 53.3 Å². The number of amides is 2. The molecule has 0 bridgehead atoms. The number of anilines is 1. The van der Waals surface area contributed by atoms with E-state index in [0.29, 0.717) is 39.1 Å². The van der Waals surface area contributed by atoms with Crippen molar-refractivity contribution < 1.29 is 14.3 Å². The van der Waals surface area contributed by atoms with E-state index in [9.17, 15) is 9.59 Å². The van der Waals surface area contributed by atoms with Crippen LogP contribution in [0, 0.1) is 6.92 Å². The molecule has 0 saturated heterocycles. The third-order valence-electron chi connectivity index (χ3n) is 5.93. The lowest BCUT2D eigenvalue weighted by molar-refractivity contribution is -0.122. The lowest BCUT2D eigenvalue weighted by atomic mass is 10.0. The van der Waals surface area contributed by atoms with Crippen LogP contribution in [-0.4, -0.2) is 47.4 Å². The number of pyridine rings is 1. The molecule has 2 amide bonds. The van der Waals surface area contributed by atoms with Gasteiger partial charge in [-0.25, -0.2) is 0 Å². The van der Waals surface area contributed by atoms with Crippen LogP contribution in [0.1, 0.15) is 56.2 Å². The number of aryl methyl sites for hydroxylation is 2. The summed E-state index contributed by atoms with van der Waals surface area (Å²) in [6.07, 6.45) is 7.33. The smallest absolute Gasteiger partial charge is 0.234 e. The molecule has 1 aliphatic rings. The fourth-order valence-corrected chi connectivity index (χ4v) is 3.81. The van der Waals surface area contributed by atoms with Crippen LogP contribution in [0.4, 0.5) is 5.69 Å². The number of nitrogens with zero attached hydrogens (tertiary/aromatic N) is 2. The fourth-order valence-electron chi connectivity index (χ4n) is 3.81. The topological polar surface area (TPSA) is 83.6 Å². The zero-order valence-corrected chi connectivity index (χ0v) is 20.0. The Morgan fingerprint density at radius 1 is 1.21 bits per heavy atom. The Bertz CT molecular complexity index is 945. The molecule has 178 valence electrons. The van der Waals surface area contributed by atoms with Gasteiger partial charge in [-0.3, -0.25) is 19.5 Å². The van der Waals surface area contributed by atoms with E-state index in [2.05, 4.69) is 40.4 Å². The summed E-state index contributed by atoms with van der Waals surface area (Å²) in [5, 5.41) is 5.97. The molecule has 2 heterocycles. The first kappa shape index (κ1) is 24.7. The molecule has 1 aromatic carbocycles. The minimum atomic E-state index is -0.0353. The lowest BCUT2D eigenvalue weighted by Crippen LogP contribution is -2.40. The SMILES string of the molecule is Cc1ccncc1NC(=O)CCc1ccc2c(c1)CN(C(C)C)CC(=O)NCCCCCO2. The van der Waals surface area contributed by atoms with Crippen LogP contribution in [0.3, 0.4) is 0 Å². The average Bonchev–Trinajstić information content (AvgIpc) is 2.80. The first-order chi connectivity index (χ1) is 15.9. The van der Waals surface area contributed by atoms with Crippen molar-refractivity contribution in [1.82, 2.24) is 15.2 Å². The summed E-state index contributed by atoms with van der Waals surface area (Å²) in [7, 11) is 0. The Hall–Kier alpha value is -2.93. The maximum Gasteiger partial charge on any atom is 0.234 e.